The van der Waals surface area contributed by atoms with Gasteiger partial charge in [-0.3, -0.25) is 0 Å². The van der Waals surface area contributed by atoms with E-state index in [2.05, 4.69) is 35.3 Å². The molecule has 3 aliphatic rings. The third-order valence-corrected chi connectivity index (χ3v) is 8.07. The molecule has 3 fully saturated rings. The number of rotatable bonds is 5. The van der Waals surface area contributed by atoms with Crippen LogP contribution in [0.4, 0.5) is 17.5 Å². The summed E-state index contributed by atoms with van der Waals surface area (Å²) in [5.74, 6) is 3.57. The molecule has 0 radical (unpaired) electrons. The monoisotopic (exact) mass is 527 g/mol. The van der Waals surface area contributed by atoms with Crippen LogP contribution in [0.25, 0.3) is 16.7 Å². The average Bonchev–Trinajstić information content (AvgIpc) is 3.72. The van der Waals surface area contributed by atoms with Gasteiger partial charge in [0.05, 0.1) is 23.4 Å². The quantitative estimate of drug-likeness (QED) is 0.355. The van der Waals surface area contributed by atoms with Crippen LogP contribution >= 0.6 is 11.6 Å². The Bertz CT molecular complexity index is 1680. The lowest BCUT2D eigenvalue weighted by Gasteiger charge is -2.19. The van der Waals surface area contributed by atoms with Gasteiger partial charge in [0.15, 0.2) is 11.5 Å². The van der Waals surface area contributed by atoms with Gasteiger partial charge in [0.1, 0.15) is 35.2 Å². The molecular weight excluding hydrogens is 506 g/mol. The van der Waals surface area contributed by atoms with E-state index < -0.39 is 0 Å². The van der Waals surface area contributed by atoms with E-state index in [9.17, 15) is 0 Å². The van der Waals surface area contributed by atoms with Gasteiger partial charge in [0.2, 0.25) is 5.95 Å². The summed E-state index contributed by atoms with van der Waals surface area (Å²) >= 11 is 6.57. The minimum Gasteiger partial charge on any atom is -0.456 e. The van der Waals surface area contributed by atoms with Crippen molar-refractivity contribution < 1.29 is 9.47 Å². The Morgan fingerprint density at radius 2 is 1.84 bits per heavy atom. The summed E-state index contributed by atoms with van der Waals surface area (Å²) in [6.45, 7) is 1.85. The van der Waals surface area contributed by atoms with Gasteiger partial charge in [-0.15, -0.1) is 0 Å². The summed E-state index contributed by atoms with van der Waals surface area (Å²) in [5.41, 5.74) is 2.77. The molecule has 11 nitrogen and oxygen atoms in total. The molecule has 190 valence electrons. The lowest BCUT2D eigenvalue weighted by atomic mass is 9.82. The molecule has 0 amide bonds. The van der Waals surface area contributed by atoms with Crippen LogP contribution in [0.5, 0.6) is 11.5 Å². The number of ether oxygens (including phenoxy) is 2. The molecule has 0 aliphatic carbocycles. The van der Waals surface area contributed by atoms with Crippen molar-refractivity contribution in [2.45, 2.75) is 25.0 Å². The molecule has 2 bridgehead atoms. The van der Waals surface area contributed by atoms with Crippen molar-refractivity contribution in [2.75, 3.05) is 23.3 Å². The summed E-state index contributed by atoms with van der Waals surface area (Å²) in [4.78, 5) is 24.8. The second kappa shape index (κ2) is 8.47. The van der Waals surface area contributed by atoms with Gasteiger partial charge in [-0.2, -0.15) is 5.10 Å². The summed E-state index contributed by atoms with van der Waals surface area (Å²) < 4.78 is 13.8. The second-order valence-electron chi connectivity index (χ2n) is 9.95. The maximum Gasteiger partial charge on any atom is 0.226 e. The number of fused-ring (bicyclic) bond motifs is 7. The highest BCUT2D eigenvalue weighted by atomic mass is 35.5. The first-order valence-electron chi connectivity index (χ1n) is 12.6. The number of pyridine rings is 1. The number of hydrogen-bond acceptors (Lipinski definition) is 10. The third kappa shape index (κ3) is 3.61. The molecule has 3 saturated heterocycles. The van der Waals surface area contributed by atoms with Gasteiger partial charge in [0, 0.05) is 42.9 Å². The Labute approximate surface area is 221 Å². The van der Waals surface area contributed by atoms with Gasteiger partial charge >= 0.3 is 0 Å². The highest BCUT2D eigenvalue weighted by Gasteiger charge is 2.53. The predicted molar refractivity (Wildman–Crippen MR) is 140 cm³/mol. The number of hydrogen-bond donors (Lipinski definition) is 1. The van der Waals surface area contributed by atoms with Crippen LogP contribution in [0.3, 0.4) is 0 Å². The molecule has 8 rings (SSSR count). The van der Waals surface area contributed by atoms with E-state index >= 15 is 0 Å². The van der Waals surface area contributed by atoms with E-state index in [1.807, 2.05) is 12.1 Å². The number of nitrogens with one attached hydrogen (secondary N) is 1. The zero-order chi connectivity index (χ0) is 25.2. The van der Waals surface area contributed by atoms with Gasteiger partial charge in [-0.05, 0) is 37.1 Å². The molecule has 4 atom stereocenters. The fourth-order valence-electron chi connectivity index (χ4n) is 6.00. The minimum atomic E-state index is 0.387. The number of nitrogens with zero attached hydrogens (tertiary/aromatic N) is 8. The van der Waals surface area contributed by atoms with Crippen LogP contribution in [-0.4, -0.2) is 59.8 Å². The molecule has 0 unspecified atom stereocenters. The van der Waals surface area contributed by atoms with Crippen molar-refractivity contribution in [1.82, 2.24) is 34.5 Å². The molecular formula is C26H22ClN9O2. The molecule has 1 aromatic carbocycles. The zero-order valence-corrected chi connectivity index (χ0v) is 20.9. The average molecular weight is 528 g/mol. The Morgan fingerprint density at radius 1 is 0.974 bits per heavy atom. The van der Waals surface area contributed by atoms with E-state index in [-0.39, 0.29) is 0 Å². The lowest BCUT2D eigenvalue weighted by Crippen LogP contribution is -2.26. The predicted octanol–water partition coefficient (Wildman–Crippen LogP) is 4.27. The van der Waals surface area contributed by atoms with Crippen LogP contribution in [-0.2, 0) is 4.74 Å². The Hall–Kier alpha value is -4.09. The molecule has 3 aliphatic heterocycles. The topological polar surface area (TPSA) is 115 Å². The highest BCUT2D eigenvalue weighted by molar-refractivity contribution is 6.32. The largest absolute Gasteiger partial charge is 0.456 e. The maximum atomic E-state index is 6.57. The van der Waals surface area contributed by atoms with Crippen LogP contribution in [0, 0.1) is 11.8 Å². The van der Waals surface area contributed by atoms with Crippen LogP contribution in [0.1, 0.15) is 12.8 Å². The first kappa shape index (κ1) is 21.9. The summed E-state index contributed by atoms with van der Waals surface area (Å²) in [6.07, 6.45) is 9.66. The summed E-state index contributed by atoms with van der Waals surface area (Å²) in [5, 5.41) is 7.88. The van der Waals surface area contributed by atoms with E-state index in [4.69, 9.17) is 26.1 Å². The van der Waals surface area contributed by atoms with Crippen LogP contribution in [0.2, 0.25) is 5.02 Å². The Morgan fingerprint density at radius 3 is 2.68 bits per heavy atom. The molecule has 0 spiro atoms. The van der Waals surface area contributed by atoms with E-state index in [1.54, 1.807) is 35.1 Å². The maximum absolute atomic E-state index is 6.57. The second-order valence-corrected chi connectivity index (χ2v) is 10.4. The summed E-state index contributed by atoms with van der Waals surface area (Å²) in [7, 11) is 0. The molecule has 4 aromatic heterocycles. The first-order valence-corrected chi connectivity index (χ1v) is 13.0. The zero-order valence-electron chi connectivity index (χ0n) is 20.1. The van der Waals surface area contributed by atoms with Gasteiger partial charge < -0.3 is 19.7 Å². The minimum absolute atomic E-state index is 0.387. The third-order valence-electron chi connectivity index (χ3n) is 7.77. The van der Waals surface area contributed by atoms with E-state index in [0.717, 1.165) is 18.8 Å². The first-order chi connectivity index (χ1) is 18.7. The van der Waals surface area contributed by atoms with Gasteiger partial charge in [-0.25, -0.2) is 29.4 Å². The number of anilines is 3. The molecule has 5 aromatic rings. The van der Waals surface area contributed by atoms with E-state index in [1.165, 1.54) is 25.5 Å². The number of benzene rings is 1. The van der Waals surface area contributed by atoms with Crippen molar-refractivity contribution >= 4 is 45.7 Å². The molecule has 38 heavy (non-hydrogen) atoms. The van der Waals surface area contributed by atoms with Gasteiger partial charge in [0.25, 0.3) is 0 Å². The standard InChI is InChI=1S/C26H22ClN9O2/c27-18-7-14(1-2-22(18)37-15-5-6-36-23(8-15)30-13-32-36)33-25-24-19(29-12-31-25)9-28-26(34-24)35-10-16-17(11-35)21-4-3-20(16)38-21/h1-2,5-9,12-13,16-17,20-21H,3-4,10-11H2,(H,29,31,33)/t16-,17+,20+,21-. The number of aromatic nitrogens is 7. The Kier molecular flexibility index (Phi) is 4.89. The van der Waals surface area contributed by atoms with Crippen molar-refractivity contribution in [3.05, 3.63) is 60.4 Å². The van der Waals surface area contributed by atoms with Crippen LogP contribution < -0.4 is 15.0 Å². The summed E-state index contributed by atoms with van der Waals surface area (Å²) in [6, 6.07) is 9.08. The van der Waals surface area contributed by atoms with Gasteiger partial charge in [-0.1, -0.05) is 11.6 Å². The van der Waals surface area contributed by atoms with Crippen LogP contribution in [0.15, 0.2) is 55.4 Å². The molecule has 12 heteroatoms. The fraction of sp³-hybridized carbons (Fsp3) is 0.308. The SMILES string of the molecule is Clc1cc(Nc2ncnc3cnc(N4C[C@@H]5[C@H](C4)[C@H]4CC[C@@H]5O4)nc23)ccc1Oc1ccn2ncnc2c1. The highest BCUT2D eigenvalue weighted by Crippen LogP contribution is 2.47. The lowest BCUT2D eigenvalue weighted by molar-refractivity contribution is 0.0849. The Balaban J connectivity index is 1.04. The smallest absolute Gasteiger partial charge is 0.226 e. The number of halogens is 1. The molecule has 1 N–H and O–H groups in total. The van der Waals surface area contributed by atoms with Crippen molar-refractivity contribution in [1.29, 1.82) is 0 Å². The normalized spacial score (nSPS) is 23.9. The van der Waals surface area contributed by atoms with Crippen molar-refractivity contribution in [3.63, 3.8) is 0 Å². The molecule has 0 saturated carbocycles. The fourth-order valence-corrected chi connectivity index (χ4v) is 6.22. The molecule has 7 heterocycles. The van der Waals surface area contributed by atoms with E-state index in [0.29, 0.717) is 69.0 Å². The van der Waals surface area contributed by atoms with Crippen molar-refractivity contribution in [2.24, 2.45) is 11.8 Å². The van der Waals surface area contributed by atoms with Crippen molar-refractivity contribution in [3.8, 4) is 11.5 Å².